The number of halogens is 1. The summed E-state index contributed by atoms with van der Waals surface area (Å²) in [6.45, 7) is 3.41. The average molecular weight is 509 g/mol. The lowest BCUT2D eigenvalue weighted by atomic mass is 9.94. The topological polar surface area (TPSA) is 136 Å². The van der Waals surface area contributed by atoms with Crippen molar-refractivity contribution in [2.24, 2.45) is 0 Å². The minimum absolute atomic E-state index is 0.0382. The molecule has 0 saturated heterocycles. The Labute approximate surface area is 208 Å². The van der Waals surface area contributed by atoms with Crippen LogP contribution in [0.25, 0.3) is 5.69 Å². The van der Waals surface area contributed by atoms with Crippen LogP contribution in [0.15, 0.2) is 34.0 Å². The maximum atomic E-state index is 13.0. The van der Waals surface area contributed by atoms with Crippen LogP contribution >= 0.6 is 11.6 Å². The summed E-state index contributed by atoms with van der Waals surface area (Å²) < 4.78 is 7.16. The average Bonchev–Trinajstić information content (AvgIpc) is 3.04. The number of nitrogens with zero attached hydrogens (tertiary/aromatic N) is 3. The van der Waals surface area contributed by atoms with E-state index in [0.717, 1.165) is 41.1 Å². The molecular weight excluding hydrogens is 476 g/mol. The molecule has 10 nitrogen and oxygen atoms in total. The van der Waals surface area contributed by atoms with Crippen LogP contribution in [-0.2, 0) is 11.3 Å². The summed E-state index contributed by atoms with van der Waals surface area (Å²) in [5, 5.41) is 27.8. The van der Waals surface area contributed by atoms with E-state index in [1.165, 1.54) is 18.2 Å². The molecule has 3 rings (SSSR count). The van der Waals surface area contributed by atoms with E-state index in [4.69, 9.17) is 16.3 Å². The van der Waals surface area contributed by atoms with Crippen LogP contribution in [-0.4, -0.2) is 61.4 Å². The van der Waals surface area contributed by atoms with Gasteiger partial charge >= 0.3 is 5.69 Å². The van der Waals surface area contributed by atoms with Crippen molar-refractivity contribution in [1.82, 2.24) is 19.7 Å². The summed E-state index contributed by atoms with van der Waals surface area (Å²) in [6, 6.07) is 4.36. The van der Waals surface area contributed by atoms with Crippen molar-refractivity contribution in [1.29, 1.82) is 0 Å². The molecule has 2 aromatic rings. The van der Waals surface area contributed by atoms with Crippen molar-refractivity contribution in [3.05, 3.63) is 55.8 Å². The molecule has 1 unspecified atom stereocenters. The van der Waals surface area contributed by atoms with Gasteiger partial charge in [0.05, 0.1) is 47.2 Å². The van der Waals surface area contributed by atoms with Gasteiger partial charge in [0.2, 0.25) is 0 Å². The zero-order valence-electron chi connectivity index (χ0n) is 20.1. The number of hydrogen-bond acceptors (Lipinski definition) is 7. The highest BCUT2D eigenvalue weighted by Crippen LogP contribution is 2.27. The Kier molecular flexibility index (Phi) is 9.23. The first-order valence-corrected chi connectivity index (χ1v) is 12.3. The van der Waals surface area contributed by atoms with Crippen molar-refractivity contribution >= 4 is 17.5 Å². The normalized spacial score (nSPS) is 16.6. The van der Waals surface area contributed by atoms with Crippen molar-refractivity contribution in [3.63, 3.8) is 0 Å². The summed E-state index contributed by atoms with van der Waals surface area (Å²) >= 11 is 6.25. The Morgan fingerprint density at radius 1 is 1.23 bits per heavy atom. The largest absolute Gasteiger partial charge is 0.389 e. The van der Waals surface area contributed by atoms with Crippen molar-refractivity contribution in [2.45, 2.75) is 76.7 Å². The monoisotopic (exact) mass is 508 g/mol. The zero-order valence-corrected chi connectivity index (χ0v) is 20.8. The summed E-state index contributed by atoms with van der Waals surface area (Å²) in [5.41, 5.74) is -2.07. The second kappa shape index (κ2) is 11.9. The highest BCUT2D eigenvalue weighted by molar-refractivity contribution is 6.33. The molecule has 0 aliphatic heterocycles. The van der Waals surface area contributed by atoms with Crippen LogP contribution in [0.5, 0.6) is 0 Å². The van der Waals surface area contributed by atoms with Gasteiger partial charge in [-0.2, -0.15) is 9.78 Å². The lowest BCUT2D eigenvalue weighted by Gasteiger charge is -2.26. The van der Waals surface area contributed by atoms with Gasteiger partial charge in [-0.05, 0) is 44.9 Å². The van der Waals surface area contributed by atoms with Gasteiger partial charge in [0.25, 0.3) is 11.5 Å². The molecule has 1 atom stereocenters. The second-order valence-electron chi connectivity index (χ2n) is 9.31. The molecule has 0 spiro atoms. The molecule has 3 N–H and O–H groups in total. The van der Waals surface area contributed by atoms with Gasteiger partial charge in [-0.25, -0.2) is 4.79 Å². The first-order valence-electron chi connectivity index (χ1n) is 11.9. The van der Waals surface area contributed by atoms with Gasteiger partial charge in [0, 0.05) is 6.54 Å². The van der Waals surface area contributed by atoms with E-state index in [2.05, 4.69) is 10.4 Å². The maximum Gasteiger partial charge on any atom is 0.352 e. The number of nitrogens with one attached hydrogen (secondary N) is 1. The SMILES string of the molecule is CC(C)OCC(O)Cn1c(=O)cnn(-c2ccc(Cl)c(C(=O)NCC3(O)CCCCCC3)c2)c1=O. The van der Waals surface area contributed by atoms with Gasteiger partial charge in [-0.1, -0.05) is 37.3 Å². The summed E-state index contributed by atoms with van der Waals surface area (Å²) in [7, 11) is 0. The summed E-state index contributed by atoms with van der Waals surface area (Å²) in [4.78, 5) is 38.1. The van der Waals surface area contributed by atoms with Crippen molar-refractivity contribution in [2.75, 3.05) is 13.2 Å². The number of benzene rings is 1. The number of amides is 1. The Morgan fingerprint density at radius 2 is 1.91 bits per heavy atom. The van der Waals surface area contributed by atoms with Crippen LogP contribution in [0.3, 0.4) is 0 Å². The number of aromatic nitrogens is 3. The number of carbonyl (C=O) groups excluding carboxylic acids is 1. The Balaban J connectivity index is 1.81. The predicted octanol–water partition coefficient (Wildman–Crippen LogP) is 1.65. The van der Waals surface area contributed by atoms with Crippen LogP contribution in [0.2, 0.25) is 5.02 Å². The van der Waals surface area contributed by atoms with E-state index in [0.29, 0.717) is 12.8 Å². The highest BCUT2D eigenvalue weighted by atomic mass is 35.5. The summed E-state index contributed by atoms with van der Waals surface area (Å²) in [5.74, 6) is -0.489. The van der Waals surface area contributed by atoms with E-state index in [1.54, 1.807) is 0 Å². The molecule has 1 fully saturated rings. The molecule has 1 aliphatic carbocycles. The molecule has 11 heteroatoms. The van der Waals surface area contributed by atoms with Crippen LogP contribution in [0.4, 0.5) is 0 Å². The van der Waals surface area contributed by atoms with Gasteiger partial charge in [0.1, 0.15) is 6.20 Å². The Morgan fingerprint density at radius 3 is 2.57 bits per heavy atom. The van der Waals surface area contributed by atoms with Crippen LogP contribution in [0, 0.1) is 0 Å². The third-order valence-corrected chi connectivity index (χ3v) is 6.36. The molecule has 192 valence electrons. The third kappa shape index (κ3) is 7.23. The Hall–Kier alpha value is -2.53. The number of aliphatic hydroxyl groups is 2. The third-order valence-electron chi connectivity index (χ3n) is 6.03. The molecule has 0 bridgehead atoms. The summed E-state index contributed by atoms with van der Waals surface area (Å²) in [6.07, 6.45) is 4.97. The van der Waals surface area contributed by atoms with E-state index in [1.807, 2.05) is 13.8 Å². The van der Waals surface area contributed by atoms with Gasteiger partial charge < -0.3 is 20.3 Å². The number of hydrogen-bond donors (Lipinski definition) is 3. The molecule has 1 saturated carbocycles. The van der Waals surface area contributed by atoms with E-state index >= 15 is 0 Å². The first kappa shape index (κ1) is 27.1. The Bertz CT molecular complexity index is 1140. The van der Waals surface area contributed by atoms with Crippen LogP contribution in [0.1, 0.15) is 62.7 Å². The molecule has 1 aromatic heterocycles. The number of aliphatic hydroxyl groups excluding tert-OH is 1. The number of ether oxygens (including phenoxy) is 1. The lowest BCUT2D eigenvalue weighted by molar-refractivity contribution is -0.00170. The minimum Gasteiger partial charge on any atom is -0.389 e. The zero-order chi connectivity index (χ0) is 25.6. The van der Waals surface area contributed by atoms with Crippen LogP contribution < -0.4 is 16.6 Å². The molecule has 1 aromatic carbocycles. The first-order chi connectivity index (χ1) is 16.6. The van der Waals surface area contributed by atoms with E-state index in [-0.39, 0.29) is 42.1 Å². The number of carbonyl (C=O) groups is 1. The maximum absolute atomic E-state index is 13.0. The molecule has 1 heterocycles. The molecule has 1 amide bonds. The predicted molar refractivity (Wildman–Crippen MR) is 131 cm³/mol. The fourth-order valence-corrected chi connectivity index (χ4v) is 4.27. The van der Waals surface area contributed by atoms with Gasteiger partial charge in [0.15, 0.2) is 0 Å². The fraction of sp³-hybridized carbons (Fsp3) is 0.583. The standard InChI is InChI=1S/C24H33ClN4O6/c1-16(2)35-14-18(30)13-28-21(31)12-27-29(23(28)33)17-7-8-20(25)19(11-17)22(32)26-15-24(34)9-5-3-4-6-10-24/h7-8,11-12,16,18,30,34H,3-6,9-10,13-15H2,1-2H3,(H,26,32). The number of rotatable bonds is 9. The molecule has 1 aliphatic rings. The van der Waals surface area contributed by atoms with Gasteiger partial charge in [-0.3, -0.25) is 14.2 Å². The van der Waals surface area contributed by atoms with Gasteiger partial charge in [-0.15, -0.1) is 0 Å². The highest BCUT2D eigenvalue weighted by Gasteiger charge is 2.29. The lowest BCUT2D eigenvalue weighted by Crippen LogP contribution is -2.43. The second-order valence-corrected chi connectivity index (χ2v) is 9.72. The fourth-order valence-electron chi connectivity index (χ4n) is 4.07. The molecule has 0 radical (unpaired) electrons. The van der Waals surface area contributed by atoms with Crippen molar-refractivity contribution in [3.8, 4) is 5.69 Å². The molecule has 35 heavy (non-hydrogen) atoms. The smallest absolute Gasteiger partial charge is 0.352 e. The van der Waals surface area contributed by atoms with E-state index in [9.17, 15) is 24.6 Å². The quantitative estimate of drug-likeness (QED) is 0.438. The minimum atomic E-state index is -1.07. The van der Waals surface area contributed by atoms with E-state index < -0.39 is 28.9 Å². The van der Waals surface area contributed by atoms with Crippen molar-refractivity contribution < 1.29 is 19.7 Å². The molecular formula is C24H33ClN4O6.